The van der Waals surface area contributed by atoms with E-state index < -0.39 is 10.0 Å². The first-order valence-electron chi connectivity index (χ1n) is 9.05. The van der Waals surface area contributed by atoms with Gasteiger partial charge < -0.3 is 9.30 Å². The van der Waals surface area contributed by atoms with Gasteiger partial charge in [0.15, 0.2) is 0 Å². The fourth-order valence-corrected chi connectivity index (χ4v) is 5.00. The smallest absolute Gasteiger partial charge is 0.240 e. The third-order valence-corrected chi connectivity index (χ3v) is 7.00. The van der Waals surface area contributed by atoms with Gasteiger partial charge in [-0.1, -0.05) is 18.2 Å². The van der Waals surface area contributed by atoms with E-state index in [0.717, 1.165) is 18.4 Å². The lowest BCUT2D eigenvalue weighted by Crippen LogP contribution is -2.32. The van der Waals surface area contributed by atoms with Crippen LogP contribution in [0.1, 0.15) is 24.0 Å². The average Bonchev–Trinajstić information content (AvgIpc) is 3.38. The van der Waals surface area contributed by atoms with Crippen LogP contribution in [0.15, 0.2) is 53.6 Å². The number of fused-ring (bicyclic) bond motifs is 1. The number of nitrogens with one attached hydrogen (secondary N) is 1. The van der Waals surface area contributed by atoms with Gasteiger partial charge in [-0.15, -0.1) is 0 Å². The minimum absolute atomic E-state index is 0.116. The van der Waals surface area contributed by atoms with Crippen molar-refractivity contribution in [2.75, 3.05) is 13.7 Å². The molecule has 0 spiro atoms. The van der Waals surface area contributed by atoms with Crippen molar-refractivity contribution in [3.8, 4) is 5.75 Å². The van der Waals surface area contributed by atoms with E-state index in [-0.39, 0.29) is 10.3 Å². The van der Waals surface area contributed by atoms with E-state index in [1.54, 1.807) is 25.3 Å². The first kappa shape index (κ1) is 18.1. The summed E-state index contributed by atoms with van der Waals surface area (Å²) in [7, 11) is 0.0453. The van der Waals surface area contributed by atoms with E-state index >= 15 is 0 Å². The summed E-state index contributed by atoms with van der Waals surface area (Å²) in [5.41, 5.74) is 3.09. The van der Waals surface area contributed by atoms with Gasteiger partial charge >= 0.3 is 0 Å². The van der Waals surface area contributed by atoms with Crippen molar-refractivity contribution in [3.05, 3.63) is 59.8 Å². The Morgan fingerprint density at radius 2 is 1.93 bits per heavy atom. The highest BCUT2D eigenvalue weighted by molar-refractivity contribution is 7.89. The molecule has 1 aliphatic carbocycles. The summed E-state index contributed by atoms with van der Waals surface area (Å²) in [5, 5.41) is 1.21. The number of nitrogens with zero attached hydrogens (tertiary/aromatic N) is 1. The van der Waals surface area contributed by atoms with Crippen molar-refractivity contribution < 1.29 is 13.2 Å². The Balaban J connectivity index is 1.60. The Hall–Kier alpha value is -2.31. The molecule has 4 rings (SSSR count). The maximum atomic E-state index is 12.8. The number of hydrogen-bond acceptors (Lipinski definition) is 3. The van der Waals surface area contributed by atoms with Crippen molar-refractivity contribution in [1.82, 2.24) is 9.29 Å². The van der Waals surface area contributed by atoms with Gasteiger partial charge in [-0.25, -0.2) is 13.1 Å². The molecule has 2 aromatic carbocycles. The van der Waals surface area contributed by atoms with Gasteiger partial charge in [0, 0.05) is 36.1 Å². The molecule has 27 heavy (non-hydrogen) atoms. The summed E-state index contributed by atoms with van der Waals surface area (Å²) >= 11 is 0. The highest BCUT2D eigenvalue weighted by Crippen LogP contribution is 2.50. The highest BCUT2D eigenvalue weighted by atomic mass is 32.2. The molecule has 1 fully saturated rings. The number of ether oxygens (including phenoxy) is 1. The SMILES string of the molecule is COc1ccc(S(=O)(=O)NCC2(c3cn(C)c4ccccc34)CC2)cc1C. The van der Waals surface area contributed by atoms with E-state index in [2.05, 4.69) is 27.6 Å². The maximum Gasteiger partial charge on any atom is 0.240 e. The van der Waals surface area contributed by atoms with Crippen LogP contribution in [0.4, 0.5) is 0 Å². The van der Waals surface area contributed by atoms with Crippen LogP contribution < -0.4 is 9.46 Å². The lowest BCUT2D eigenvalue weighted by atomic mass is 9.96. The molecular formula is C21H24N2O3S. The number of aromatic nitrogens is 1. The molecule has 0 radical (unpaired) electrons. The first-order valence-corrected chi connectivity index (χ1v) is 10.5. The summed E-state index contributed by atoms with van der Waals surface area (Å²) in [6.45, 7) is 2.25. The predicted octanol–water partition coefficient (Wildman–Crippen LogP) is 3.51. The molecule has 0 aliphatic heterocycles. The lowest BCUT2D eigenvalue weighted by molar-refractivity contribution is 0.411. The molecular weight excluding hydrogens is 360 g/mol. The number of benzene rings is 2. The fraction of sp³-hybridized carbons (Fsp3) is 0.333. The van der Waals surface area contributed by atoms with E-state index in [4.69, 9.17) is 4.74 Å². The van der Waals surface area contributed by atoms with Gasteiger partial charge in [0.05, 0.1) is 12.0 Å². The van der Waals surface area contributed by atoms with Crippen molar-refractivity contribution in [2.24, 2.45) is 7.05 Å². The van der Waals surface area contributed by atoms with Crippen LogP contribution >= 0.6 is 0 Å². The van der Waals surface area contributed by atoms with Gasteiger partial charge in [0.1, 0.15) is 5.75 Å². The summed E-state index contributed by atoms with van der Waals surface area (Å²) in [4.78, 5) is 0.273. The molecule has 1 N–H and O–H groups in total. The van der Waals surface area contributed by atoms with Crippen molar-refractivity contribution in [3.63, 3.8) is 0 Å². The van der Waals surface area contributed by atoms with Gasteiger partial charge in [0.2, 0.25) is 10.0 Å². The van der Waals surface area contributed by atoms with Gasteiger partial charge in [-0.3, -0.25) is 0 Å². The summed E-state index contributed by atoms with van der Waals surface area (Å²) in [6, 6.07) is 13.2. The summed E-state index contributed by atoms with van der Waals surface area (Å²) in [5.74, 6) is 0.684. The van der Waals surface area contributed by atoms with Crippen LogP contribution in [0.2, 0.25) is 0 Å². The zero-order valence-electron chi connectivity index (χ0n) is 15.8. The Morgan fingerprint density at radius 1 is 1.19 bits per heavy atom. The van der Waals surface area contributed by atoms with Crippen LogP contribution in [0.5, 0.6) is 5.75 Å². The Bertz CT molecular complexity index is 1110. The van der Waals surface area contributed by atoms with Crippen molar-refractivity contribution in [1.29, 1.82) is 0 Å². The molecule has 0 saturated heterocycles. The number of para-hydroxylation sites is 1. The van der Waals surface area contributed by atoms with Crippen LogP contribution in [0, 0.1) is 6.92 Å². The van der Waals surface area contributed by atoms with Crippen LogP contribution in [-0.4, -0.2) is 26.6 Å². The third kappa shape index (κ3) is 3.13. The molecule has 3 aromatic rings. The second kappa shape index (κ2) is 6.39. The normalized spacial score (nSPS) is 15.8. The van der Waals surface area contributed by atoms with Crippen LogP contribution in [-0.2, 0) is 22.5 Å². The zero-order chi connectivity index (χ0) is 19.2. The number of sulfonamides is 1. The quantitative estimate of drug-likeness (QED) is 0.708. The van der Waals surface area contributed by atoms with Gasteiger partial charge in [0.25, 0.3) is 0 Å². The summed E-state index contributed by atoms with van der Waals surface area (Å²) in [6.07, 6.45) is 4.12. The molecule has 0 atom stereocenters. The summed E-state index contributed by atoms with van der Waals surface area (Å²) < 4.78 is 35.8. The van der Waals surface area contributed by atoms with E-state index in [1.807, 2.05) is 26.1 Å². The molecule has 5 nitrogen and oxygen atoms in total. The Labute approximate surface area is 160 Å². The molecule has 1 heterocycles. The standard InChI is InChI=1S/C21H24N2O3S/c1-15-12-16(8-9-20(15)26-3)27(24,25)22-14-21(10-11-21)18-13-23(2)19-7-5-4-6-17(18)19/h4-9,12-13,22H,10-11,14H2,1-3H3. The predicted molar refractivity (Wildman–Crippen MR) is 107 cm³/mol. The van der Waals surface area contributed by atoms with Crippen LogP contribution in [0.3, 0.4) is 0 Å². The molecule has 6 heteroatoms. The number of aryl methyl sites for hydroxylation is 2. The number of rotatable bonds is 6. The van der Waals surface area contributed by atoms with Gasteiger partial charge in [-0.05, 0) is 55.2 Å². The minimum Gasteiger partial charge on any atom is -0.496 e. The lowest BCUT2D eigenvalue weighted by Gasteiger charge is -2.16. The topological polar surface area (TPSA) is 60.3 Å². The Morgan fingerprint density at radius 3 is 2.59 bits per heavy atom. The van der Waals surface area contributed by atoms with Crippen molar-refractivity contribution >= 4 is 20.9 Å². The largest absolute Gasteiger partial charge is 0.496 e. The third-order valence-electron chi connectivity index (χ3n) is 5.60. The second-order valence-corrected chi connectivity index (χ2v) is 9.17. The monoisotopic (exact) mass is 384 g/mol. The molecule has 0 bridgehead atoms. The minimum atomic E-state index is -3.57. The van der Waals surface area contributed by atoms with Crippen molar-refractivity contribution in [2.45, 2.75) is 30.1 Å². The number of hydrogen-bond donors (Lipinski definition) is 1. The van der Waals surface area contributed by atoms with E-state index in [0.29, 0.717) is 12.3 Å². The molecule has 1 aromatic heterocycles. The molecule has 1 saturated carbocycles. The Kier molecular flexibility index (Phi) is 4.28. The van der Waals surface area contributed by atoms with E-state index in [1.165, 1.54) is 16.5 Å². The zero-order valence-corrected chi connectivity index (χ0v) is 16.6. The maximum absolute atomic E-state index is 12.8. The number of methoxy groups -OCH3 is 1. The molecule has 0 amide bonds. The van der Waals surface area contributed by atoms with E-state index in [9.17, 15) is 8.42 Å². The highest BCUT2D eigenvalue weighted by Gasteiger charge is 2.46. The molecule has 0 unspecified atom stereocenters. The molecule has 142 valence electrons. The fourth-order valence-electron chi connectivity index (χ4n) is 3.79. The van der Waals surface area contributed by atoms with Gasteiger partial charge in [-0.2, -0.15) is 0 Å². The first-order chi connectivity index (χ1) is 12.9. The molecule has 1 aliphatic rings. The average molecular weight is 385 g/mol. The van der Waals surface area contributed by atoms with Crippen LogP contribution in [0.25, 0.3) is 10.9 Å². The second-order valence-electron chi connectivity index (χ2n) is 7.41.